The Labute approximate surface area is 127 Å². The minimum absolute atomic E-state index is 0.323. The molecule has 0 aromatic heterocycles. The van der Waals surface area contributed by atoms with E-state index in [1.54, 1.807) is 6.92 Å². The summed E-state index contributed by atoms with van der Waals surface area (Å²) in [5, 5.41) is 9.68. The van der Waals surface area contributed by atoms with Crippen molar-refractivity contribution in [1.29, 1.82) is 0 Å². The lowest BCUT2D eigenvalue weighted by molar-refractivity contribution is -0.334. The summed E-state index contributed by atoms with van der Waals surface area (Å²) in [7, 11) is 0. The Balaban J connectivity index is 2.33. The average Bonchev–Trinajstić information content (AvgIpc) is 2.83. The number of hydrogen-bond donors (Lipinski definition) is 1. The Morgan fingerprint density at radius 2 is 1.74 bits per heavy atom. The number of carbonyl (C=O) groups is 1. The van der Waals surface area contributed by atoms with Crippen molar-refractivity contribution in [3.63, 3.8) is 0 Å². The molecule has 3 nitrogen and oxygen atoms in total. The molecule has 128 valence electrons. The second-order valence-corrected chi connectivity index (χ2v) is 5.57. The van der Waals surface area contributed by atoms with Gasteiger partial charge < -0.3 is 10.0 Å². The zero-order valence-corrected chi connectivity index (χ0v) is 11.9. The molecule has 0 atom stereocenters. The number of nitrogens with zero attached hydrogens (tertiary/aromatic N) is 1. The molecule has 1 heterocycles. The minimum Gasteiger partial charge on any atom is -0.507 e. The van der Waals surface area contributed by atoms with E-state index in [9.17, 15) is 36.2 Å². The molecule has 1 saturated heterocycles. The molecular formula is C14H13F6NO2. The van der Waals surface area contributed by atoms with E-state index in [-0.39, 0.29) is 5.56 Å². The number of rotatable bonds is 1. The third-order valence-electron chi connectivity index (χ3n) is 4.03. The topological polar surface area (TPSA) is 40.5 Å². The Bertz CT molecular complexity index is 609. The molecule has 2 rings (SSSR count). The van der Waals surface area contributed by atoms with Crippen molar-refractivity contribution < 1.29 is 36.2 Å². The van der Waals surface area contributed by atoms with Crippen LogP contribution in [0.4, 0.5) is 26.3 Å². The van der Waals surface area contributed by atoms with Gasteiger partial charge in [0.05, 0.1) is 5.56 Å². The molecule has 0 bridgehead atoms. The molecule has 0 radical (unpaired) electrons. The number of phenolic OH excluding ortho intramolecular Hbond substituents is 1. The van der Waals surface area contributed by atoms with Crippen molar-refractivity contribution in [2.75, 3.05) is 13.1 Å². The number of hydrogen-bond acceptors (Lipinski definition) is 2. The minimum atomic E-state index is -5.52. The number of halogens is 6. The predicted octanol–water partition coefficient (Wildman–Crippen LogP) is 3.66. The fraction of sp³-hybridized carbons (Fsp3) is 0.500. The van der Waals surface area contributed by atoms with Crippen LogP contribution in [0.15, 0.2) is 18.2 Å². The van der Waals surface area contributed by atoms with Crippen molar-refractivity contribution in [2.45, 2.75) is 25.7 Å². The van der Waals surface area contributed by atoms with Crippen molar-refractivity contribution in [3.8, 4) is 5.75 Å². The highest BCUT2D eigenvalue weighted by Gasteiger charge is 2.72. The molecular weight excluding hydrogens is 328 g/mol. The lowest BCUT2D eigenvalue weighted by Gasteiger charge is -2.33. The highest BCUT2D eigenvalue weighted by Crippen LogP contribution is 2.55. The third kappa shape index (κ3) is 2.84. The van der Waals surface area contributed by atoms with Gasteiger partial charge in [0, 0.05) is 13.1 Å². The summed E-state index contributed by atoms with van der Waals surface area (Å²) in [5.41, 5.74) is -3.66. The van der Waals surface area contributed by atoms with Gasteiger partial charge in [0.1, 0.15) is 5.75 Å². The number of aromatic hydroxyl groups is 1. The molecule has 0 spiro atoms. The van der Waals surface area contributed by atoms with Gasteiger partial charge in [0.25, 0.3) is 5.91 Å². The molecule has 1 N–H and O–H groups in total. The number of likely N-dealkylation sites (tertiary alicyclic amines) is 1. The van der Waals surface area contributed by atoms with E-state index in [1.807, 2.05) is 0 Å². The van der Waals surface area contributed by atoms with E-state index in [0.717, 1.165) is 0 Å². The largest absolute Gasteiger partial charge is 0.507 e. The number of alkyl halides is 6. The van der Waals surface area contributed by atoms with E-state index in [0.29, 0.717) is 10.5 Å². The summed E-state index contributed by atoms with van der Waals surface area (Å²) in [5.74, 6) is -1.54. The van der Waals surface area contributed by atoms with Gasteiger partial charge in [-0.15, -0.1) is 0 Å². The summed E-state index contributed by atoms with van der Waals surface area (Å²) in [6.45, 7) is -0.584. The maximum atomic E-state index is 13.0. The first-order valence-electron chi connectivity index (χ1n) is 6.61. The SMILES string of the molecule is Cc1ccc(C(=O)N2CCC(C(F)(F)F)(C(F)(F)F)C2)c(O)c1. The zero-order chi connectivity index (χ0) is 17.6. The van der Waals surface area contributed by atoms with E-state index in [2.05, 4.69) is 0 Å². The molecule has 0 unspecified atom stereocenters. The number of amides is 1. The number of phenols is 1. The van der Waals surface area contributed by atoms with Crippen molar-refractivity contribution in [1.82, 2.24) is 4.90 Å². The van der Waals surface area contributed by atoms with Crippen LogP contribution in [0.1, 0.15) is 22.3 Å². The van der Waals surface area contributed by atoms with Crippen LogP contribution in [0.25, 0.3) is 0 Å². The quantitative estimate of drug-likeness (QED) is 0.792. The third-order valence-corrected chi connectivity index (χ3v) is 4.03. The lowest BCUT2D eigenvalue weighted by atomic mass is 9.85. The monoisotopic (exact) mass is 341 g/mol. The number of benzene rings is 1. The summed E-state index contributed by atoms with van der Waals surface area (Å²) in [6.07, 6.45) is -12.3. The van der Waals surface area contributed by atoms with Crippen LogP contribution in [0.5, 0.6) is 5.75 Å². The summed E-state index contributed by atoms with van der Waals surface area (Å²) >= 11 is 0. The molecule has 23 heavy (non-hydrogen) atoms. The van der Waals surface area contributed by atoms with Gasteiger partial charge in [-0.1, -0.05) is 6.07 Å². The van der Waals surface area contributed by atoms with Gasteiger partial charge in [-0.2, -0.15) is 26.3 Å². The molecule has 0 saturated carbocycles. The fourth-order valence-corrected chi connectivity index (χ4v) is 2.60. The predicted molar refractivity (Wildman–Crippen MR) is 67.9 cm³/mol. The maximum absolute atomic E-state index is 13.0. The summed E-state index contributed by atoms with van der Waals surface area (Å²) in [4.78, 5) is 12.6. The van der Waals surface area contributed by atoms with Gasteiger partial charge >= 0.3 is 12.4 Å². The fourth-order valence-electron chi connectivity index (χ4n) is 2.60. The van der Waals surface area contributed by atoms with Crippen LogP contribution in [-0.2, 0) is 0 Å². The normalized spacial score (nSPS) is 18.3. The van der Waals surface area contributed by atoms with Crippen LogP contribution < -0.4 is 0 Å². The molecule has 1 aliphatic rings. The Kier molecular flexibility index (Phi) is 4.02. The molecule has 1 aromatic carbocycles. The Morgan fingerprint density at radius 3 is 2.17 bits per heavy atom. The highest BCUT2D eigenvalue weighted by atomic mass is 19.4. The highest BCUT2D eigenvalue weighted by molar-refractivity contribution is 5.97. The van der Waals surface area contributed by atoms with Crippen LogP contribution in [0, 0.1) is 12.3 Å². The molecule has 1 aromatic rings. The van der Waals surface area contributed by atoms with Crippen LogP contribution in [0.3, 0.4) is 0 Å². The standard InChI is InChI=1S/C14H13F6NO2/c1-8-2-3-9(10(22)6-8)11(23)21-5-4-12(7-21,13(15,16)17)14(18,19)20/h2-3,6,22H,4-5,7H2,1H3. The van der Waals surface area contributed by atoms with Gasteiger partial charge in [-0.3, -0.25) is 4.79 Å². The van der Waals surface area contributed by atoms with E-state index < -0.39 is 48.9 Å². The van der Waals surface area contributed by atoms with Crippen LogP contribution in [-0.4, -0.2) is 41.4 Å². The first kappa shape index (κ1) is 17.4. The van der Waals surface area contributed by atoms with Gasteiger partial charge in [-0.05, 0) is 31.0 Å². The lowest BCUT2D eigenvalue weighted by Crippen LogP contribution is -2.52. The summed E-state index contributed by atoms with van der Waals surface area (Å²) < 4.78 is 77.9. The van der Waals surface area contributed by atoms with E-state index >= 15 is 0 Å². The molecule has 0 aliphatic carbocycles. The van der Waals surface area contributed by atoms with Crippen molar-refractivity contribution >= 4 is 5.91 Å². The maximum Gasteiger partial charge on any atom is 0.404 e. The first-order chi connectivity index (χ1) is 10.4. The van der Waals surface area contributed by atoms with Crippen molar-refractivity contribution in [2.24, 2.45) is 5.41 Å². The smallest absolute Gasteiger partial charge is 0.404 e. The second kappa shape index (κ2) is 5.31. The molecule has 9 heteroatoms. The van der Waals surface area contributed by atoms with E-state index in [4.69, 9.17) is 0 Å². The molecule has 1 fully saturated rings. The molecule has 1 aliphatic heterocycles. The van der Waals surface area contributed by atoms with E-state index in [1.165, 1.54) is 18.2 Å². The van der Waals surface area contributed by atoms with Crippen LogP contribution in [0.2, 0.25) is 0 Å². The van der Waals surface area contributed by atoms with Crippen molar-refractivity contribution in [3.05, 3.63) is 29.3 Å². The van der Waals surface area contributed by atoms with Crippen LogP contribution >= 0.6 is 0 Å². The first-order valence-corrected chi connectivity index (χ1v) is 6.61. The van der Waals surface area contributed by atoms with Gasteiger partial charge in [0.15, 0.2) is 5.41 Å². The second-order valence-electron chi connectivity index (χ2n) is 5.57. The summed E-state index contributed by atoms with van der Waals surface area (Å²) in [6, 6.07) is 3.82. The molecule has 1 amide bonds. The Hall–Kier alpha value is -1.93. The number of aryl methyl sites for hydroxylation is 1. The van der Waals surface area contributed by atoms with Gasteiger partial charge in [0.2, 0.25) is 0 Å². The number of carbonyl (C=O) groups excluding carboxylic acids is 1. The van der Waals surface area contributed by atoms with Gasteiger partial charge in [-0.25, -0.2) is 0 Å². The Morgan fingerprint density at radius 1 is 1.17 bits per heavy atom. The average molecular weight is 341 g/mol. The zero-order valence-electron chi connectivity index (χ0n) is 11.9.